The smallest absolute Gasteiger partial charge is 0.239 e. The lowest BCUT2D eigenvalue weighted by Gasteiger charge is -2.28. The molecule has 3 N–H and O–H groups in total. The minimum Gasteiger partial charge on any atom is -0.356 e. The molecular weight excluding hydrogens is 427 g/mol. The third kappa shape index (κ3) is 7.22. The number of carbonyl (C=O) groups excluding carboxylic acids is 1. The van der Waals surface area contributed by atoms with Gasteiger partial charge < -0.3 is 16.0 Å². The summed E-state index contributed by atoms with van der Waals surface area (Å²) < 4.78 is 0. The average Bonchev–Trinajstić information content (AvgIpc) is 3.10. The van der Waals surface area contributed by atoms with Gasteiger partial charge in [-0.05, 0) is 30.2 Å². The quantitative estimate of drug-likeness (QED) is 0.334. The lowest BCUT2D eigenvalue weighted by atomic mass is 9.83. The third-order valence-corrected chi connectivity index (χ3v) is 5.02. The Bertz CT molecular complexity index is 542. The van der Waals surface area contributed by atoms with Gasteiger partial charge in [0.1, 0.15) is 0 Å². The Morgan fingerprint density at radius 1 is 1.12 bits per heavy atom. The molecule has 1 aromatic carbocycles. The first-order chi connectivity index (χ1) is 11.7. The summed E-state index contributed by atoms with van der Waals surface area (Å²) in [5, 5.41) is 9.40. The second-order valence-electron chi connectivity index (χ2n) is 6.60. The van der Waals surface area contributed by atoms with E-state index in [1.807, 2.05) is 30.3 Å². The first-order valence-corrected chi connectivity index (χ1v) is 8.92. The van der Waals surface area contributed by atoms with Crippen LogP contribution in [0.25, 0.3) is 0 Å². The third-order valence-electron chi connectivity index (χ3n) is 5.02. The van der Waals surface area contributed by atoms with E-state index in [1.165, 1.54) is 32.1 Å². The average molecular weight is 458 g/mol. The van der Waals surface area contributed by atoms with Crippen molar-refractivity contribution in [3.8, 4) is 0 Å². The van der Waals surface area contributed by atoms with Crippen LogP contribution in [0.4, 0.5) is 0 Å². The predicted molar refractivity (Wildman–Crippen MR) is 114 cm³/mol. The number of aliphatic imine (C=N–C) groups is 1. The summed E-state index contributed by atoms with van der Waals surface area (Å²) in [6, 6.07) is 9.91. The first kappa shape index (κ1) is 21.7. The van der Waals surface area contributed by atoms with Crippen molar-refractivity contribution < 1.29 is 4.79 Å². The van der Waals surface area contributed by atoms with Crippen molar-refractivity contribution in [1.82, 2.24) is 16.0 Å². The van der Waals surface area contributed by atoms with Gasteiger partial charge in [-0.1, -0.05) is 50.1 Å². The van der Waals surface area contributed by atoms with Crippen molar-refractivity contribution in [2.75, 3.05) is 20.1 Å². The molecule has 0 bridgehead atoms. The van der Waals surface area contributed by atoms with Gasteiger partial charge in [0.2, 0.25) is 5.91 Å². The van der Waals surface area contributed by atoms with Gasteiger partial charge in [0.05, 0.1) is 6.54 Å². The number of amides is 1. The number of halogens is 1. The Balaban J connectivity index is 0.00000312. The van der Waals surface area contributed by atoms with Gasteiger partial charge in [-0.15, -0.1) is 24.0 Å². The first-order valence-electron chi connectivity index (χ1n) is 8.92. The summed E-state index contributed by atoms with van der Waals surface area (Å²) in [6.45, 7) is 3.97. The summed E-state index contributed by atoms with van der Waals surface area (Å²) in [6.07, 6.45) is 6.40. The zero-order chi connectivity index (χ0) is 17.3. The fourth-order valence-electron chi connectivity index (χ4n) is 3.30. The SMILES string of the molecule is CCC1(CNC(=NC)NCC(=O)NCc2ccccc2)CCCC1.I. The molecule has 1 aromatic rings. The number of rotatable bonds is 7. The monoisotopic (exact) mass is 458 g/mol. The molecule has 1 fully saturated rings. The summed E-state index contributed by atoms with van der Waals surface area (Å²) in [4.78, 5) is 16.2. The highest BCUT2D eigenvalue weighted by atomic mass is 127. The molecule has 0 atom stereocenters. The van der Waals surface area contributed by atoms with Crippen LogP contribution in [0.2, 0.25) is 0 Å². The molecule has 140 valence electrons. The predicted octanol–water partition coefficient (Wildman–Crippen LogP) is 3.06. The highest BCUT2D eigenvalue weighted by molar-refractivity contribution is 14.0. The van der Waals surface area contributed by atoms with Gasteiger partial charge in [0.15, 0.2) is 5.96 Å². The molecule has 1 aliphatic rings. The normalized spacial score (nSPS) is 16.0. The molecule has 6 heteroatoms. The van der Waals surface area contributed by atoms with Gasteiger partial charge in [-0.2, -0.15) is 0 Å². The minimum atomic E-state index is -0.0344. The van der Waals surface area contributed by atoms with Gasteiger partial charge >= 0.3 is 0 Å². The molecule has 0 aromatic heterocycles. The largest absolute Gasteiger partial charge is 0.356 e. The second kappa shape index (κ2) is 11.3. The molecule has 0 spiro atoms. The fraction of sp³-hybridized carbons (Fsp3) is 0.579. The standard InChI is InChI=1S/C19H30N4O.HI/c1-3-19(11-7-8-12-19)15-23-18(20-2)22-14-17(24)21-13-16-9-5-4-6-10-16;/h4-6,9-10H,3,7-8,11-15H2,1-2H3,(H,21,24)(H2,20,22,23);1H. The summed E-state index contributed by atoms with van der Waals surface area (Å²) in [5.74, 6) is 0.664. The van der Waals surface area contributed by atoms with Crippen LogP contribution in [-0.4, -0.2) is 32.0 Å². The van der Waals surface area contributed by atoms with E-state index in [9.17, 15) is 4.79 Å². The number of hydrogen-bond acceptors (Lipinski definition) is 2. The minimum absolute atomic E-state index is 0. The number of benzene rings is 1. The van der Waals surface area contributed by atoms with Gasteiger partial charge in [-0.3, -0.25) is 9.79 Å². The number of guanidine groups is 1. The van der Waals surface area contributed by atoms with E-state index < -0.39 is 0 Å². The summed E-state index contributed by atoms with van der Waals surface area (Å²) in [5.41, 5.74) is 1.49. The molecule has 0 saturated heterocycles. The molecule has 0 unspecified atom stereocenters. The van der Waals surface area contributed by atoms with Crippen molar-refractivity contribution in [3.63, 3.8) is 0 Å². The highest BCUT2D eigenvalue weighted by Gasteiger charge is 2.31. The Kier molecular flexibility index (Phi) is 9.85. The second-order valence-corrected chi connectivity index (χ2v) is 6.60. The number of nitrogens with one attached hydrogen (secondary N) is 3. The van der Waals surface area contributed by atoms with Crippen molar-refractivity contribution >= 4 is 35.8 Å². The van der Waals surface area contributed by atoms with Crippen molar-refractivity contribution in [1.29, 1.82) is 0 Å². The van der Waals surface area contributed by atoms with Crippen LogP contribution in [0.15, 0.2) is 35.3 Å². The molecule has 1 aliphatic carbocycles. The van der Waals surface area contributed by atoms with Crippen LogP contribution in [0.3, 0.4) is 0 Å². The number of carbonyl (C=O) groups is 1. The fourth-order valence-corrected chi connectivity index (χ4v) is 3.30. The van der Waals surface area contributed by atoms with E-state index in [-0.39, 0.29) is 36.4 Å². The summed E-state index contributed by atoms with van der Waals surface area (Å²) in [7, 11) is 1.74. The molecule has 1 saturated carbocycles. The number of nitrogens with zero attached hydrogens (tertiary/aromatic N) is 1. The maximum atomic E-state index is 12.0. The molecule has 5 nitrogen and oxygen atoms in total. The molecule has 25 heavy (non-hydrogen) atoms. The van der Waals surface area contributed by atoms with Crippen molar-refractivity contribution in [3.05, 3.63) is 35.9 Å². The van der Waals surface area contributed by atoms with Crippen LogP contribution in [0.1, 0.15) is 44.6 Å². The van der Waals surface area contributed by atoms with Crippen LogP contribution in [0, 0.1) is 5.41 Å². The molecule has 1 amide bonds. The summed E-state index contributed by atoms with van der Waals surface area (Å²) >= 11 is 0. The zero-order valence-corrected chi connectivity index (χ0v) is 17.6. The van der Waals surface area contributed by atoms with Crippen LogP contribution < -0.4 is 16.0 Å². The molecule has 0 heterocycles. The maximum Gasteiger partial charge on any atom is 0.239 e. The van der Waals surface area contributed by atoms with Crippen LogP contribution in [0.5, 0.6) is 0 Å². The molecule has 0 radical (unpaired) electrons. The van der Waals surface area contributed by atoms with Crippen LogP contribution >= 0.6 is 24.0 Å². The Hall–Kier alpha value is -1.31. The molecule has 2 rings (SSSR count). The number of hydrogen-bond donors (Lipinski definition) is 3. The van der Waals surface area contributed by atoms with Gasteiger partial charge in [-0.25, -0.2) is 0 Å². The van der Waals surface area contributed by atoms with Crippen molar-refractivity contribution in [2.45, 2.75) is 45.6 Å². The Labute approximate surface area is 168 Å². The molecular formula is C19H31IN4O. The lowest BCUT2D eigenvalue weighted by Crippen LogP contribution is -2.46. The zero-order valence-electron chi connectivity index (χ0n) is 15.3. The van der Waals surface area contributed by atoms with E-state index in [0.717, 1.165) is 12.1 Å². The van der Waals surface area contributed by atoms with Crippen LogP contribution in [-0.2, 0) is 11.3 Å². The topological polar surface area (TPSA) is 65.5 Å². The Morgan fingerprint density at radius 2 is 1.80 bits per heavy atom. The molecule has 0 aliphatic heterocycles. The maximum absolute atomic E-state index is 12.0. The lowest BCUT2D eigenvalue weighted by molar-refractivity contribution is -0.120. The van der Waals surface area contributed by atoms with E-state index in [0.29, 0.717) is 17.9 Å². The Morgan fingerprint density at radius 3 is 2.40 bits per heavy atom. The van der Waals surface area contributed by atoms with E-state index in [1.54, 1.807) is 7.05 Å². The highest BCUT2D eigenvalue weighted by Crippen LogP contribution is 2.40. The van der Waals surface area contributed by atoms with Gasteiger partial charge in [0, 0.05) is 20.1 Å². The van der Waals surface area contributed by atoms with E-state index in [2.05, 4.69) is 27.9 Å². The van der Waals surface area contributed by atoms with Gasteiger partial charge in [0.25, 0.3) is 0 Å². The van der Waals surface area contributed by atoms with Crippen molar-refractivity contribution in [2.24, 2.45) is 10.4 Å². The van der Waals surface area contributed by atoms with E-state index >= 15 is 0 Å². The van der Waals surface area contributed by atoms with E-state index in [4.69, 9.17) is 0 Å².